The van der Waals surface area contributed by atoms with Crippen LogP contribution in [0.2, 0.25) is 5.15 Å². The van der Waals surface area contributed by atoms with Crippen molar-refractivity contribution >= 4 is 28.9 Å². The van der Waals surface area contributed by atoms with Crippen LogP contribution in [-0.2, 0) is 4.79 Å². The van der Waals surface area contributed by atoms with E-state index in [0.717, 1.165) is 11.1 Å². The minimum Gasteiger partial charge on any atom is -0.399 e. The summed E-state index contributed by atoms with van der Waals surface area (Å²) in [5.74, 6) is 0.0127. The number of nitrogens with two attached hydrogens (primary N) is 1. The van der Waals surface area contributed by atoms with Crippen LogP contribution >= 0.6 is 11.6 Å². The van der Waals surface area contributed by atoms with Crippen molar-refractivity contribution in [1.29, 1.82) is 0 Å². The lowest BCUT2D eigenvalue weighted by Crippen LogP contribution is -2.15. The molecule has 2 rings (SSSR count). The summed E-state index contributed by atoms with van der Waals surface area (Å²) in [6, 6.07) is 9.37. The lowest BCUT2D eigenvalue weighted by molar-refractivity contribution is -0.116. The van der Waals surface area contributed by atoms with Gasteiger partial charge in [-0.2, -0.15) is 0 Å². The van der Waals surface area contributed by atoms with Crippen LogP contribution in [0.5, 0.6) is 0 Å². The van der Waals surface area contributed by atoms with E-state index in [4.69, 9.17) is 17.3 Å². The van der Waals surface area contributed by atoms with Gasteiger partial charge in [-0.25, -0.2) is 4.98 Å². The molecule has 0 spiro atoms. The van der Waals surface area contributed by atoms with Crippen LogP contribution in [0.3, 0.4) is 0 Å². The van der Waals surface area contributed by atoms with Gasteiger partial charge in [0.15, 0.2) is 5.15 Å². The molecule has 0 aliphatic heterocycles. The van der Waals surface area contributed by atoms with Gasteiger partial charge in [-0.3, -0.25) is 4.79 Å². The molecule has 0 bridgehead atoms. The molecule has 1 heterocycles. The highest BCUT2D eigenvalue weighted by Gasteiger charge is 2.14. The van der Waals surface area contributed by atoms with E-state index < -0.39 is 0 Å². The van der Waals surface area contributed by atoms with Gasteiger partial charge < -0.3 is 11.1 Å². The predicted octanol–water partition coefficient (Wildman–Crippen LogP) is 3.76. The first-order valence-electron chi connectivity index (χ1n) is 6.73. The molecule has 1 unspecified atom stereocenters. The molecule has 0 fully saturated rings. The second-order valence-electron chi connectivity index (χ2n) is 5.11. The number of carbonyl (C=O) groups is 1. The number of hydrogen-bond donors (Lipinski definition) is 2. The molecule has 0 saturated heterocycles. The van der Waals surface area contributed by atoms with E-state index in [1.807, 2.05) is 44.2 Å². The fraction of sp³-hybridized carbons (Fsp3) is 0.250. The summed E-state index contributed by atoms with van der Waals surface area (Å²) in [6.45, 7) is 3.88. The number of anilines is 2. The Morgan fingerprint density at radius 3 is 2.62 bits per heavy atom. The zero-order valence-corrected chi connectivity index (χ0v) is 12.8. The lowest BCUT2D eigenvalue weighted by atomic mass is 9.97. The molecule has 1 amide bonds. The van der Waals surface area contributed by atoms with Gasteiger partial charge in [0.05, 0.1) is 5.69 Å². The van der Waals surface area contributed by atoms with Crippen LogP contribution < -0.4 is 11.1 Å². The van der Waals surface area contributed by atoms with Crippen LogP contribution in [0, 0.1) is 6.92 Å². The first kappa shape index (κ1) is 15.3. The molecule has 0 aliphatic rings. The molecule has 3 N–H and O–H groups in total. The highest BCUT2D eigenvalue weighted by atomic mass is 35.5. The number of benzene rings is 1. The van der Waals surface area contributed by atoms with Crippen molar-refractivity contribution in [2.45, 2.75) is 26.2 Å². The molecule has 4 nitrogen and oxygen atoms in total. The van der Waals surface area contributed by atoms with Gasteiger partial charge in [-0.1, -0.05) is 30.7 Å². The van der Waals surface area contributed by atoms with E-state index in [1.165, 1.54) is 0 Å². The van der Waals surface area contributed by atoms with E-state index in [2.05, 4.69) is 10.3 Å². The third-order valence-electron chi connectivity index (χ3n) is 3.37. The maximum absolute atomic E-state index is 12.1. The Morgan fingerprint density at radius 2 is 2.00 bits per heavy atom. The van der Waals surface area contributed by atoms with Crippen LogP contribution in [0.15, 0.2) is 36.5 Å². The molecule has 110 valence electrons. The molecule has 5 heteroatoms. The Balaban J connectivity index is 2.03. The van der Waals surface area contributed by atoms with Crippen LogP contribution in [-0.4, -0.2) is 10.9 Å². The Kier molecular flexibility index (Phi) is 4.81. The minimum atomic E-state index is -0.0858. The smallest absolute Gasteiger partial charge is 0.225 e. The van der Waals surface area contributed by atoms with E-state index in [1.54, 1.807) is 6.20 Å². The fourth-order valence-corrected chi connectivity index (χ4v) is 2.34. The summed E-state index contributed by atoms with van der Waals surface area (Å²) in [4.78, 5) is 16.1. The Hall–Kier alpha value is -2.07. The molecule has 0 saturated carbocycles. The highest BCUT2D eigenvalue weighted by molar-refractivity contribution is 6.32. The van der Waals surface area contributed by atoms with Crippen molar-refractivity contribution in [3.63, 3.8) is 0 Å². The Morgan fingerprint density at radius 1 is 1.33 bits per heavy atom. The maximum Gasteiger partial charge on any atom is 0.225 e. The standard InChI is InChI=1S/C16H18ClN3O/c1-10-7-8-19-16(17)15(10)20-14(21)9-11(2)12-3-5-13(18)6-4-12/h3-8,11H,9,18H2,1-2H3,(H,20,21). The van der Waals surface area contributed by atoms with Gasteiger partial charge in [0.1, 0.15) is 0 Å². The van der Waals surface area contributed by atoms with E-state index in [-0.39, 0.29) is 11.8 Å². The topological polar surface area (TPSA) is 68.0 Å². The van der Waals surface area contributed by atoms with Gasteiger partial charge in [-0.15, -0.1) is 0 Å². The summed E-state index contributed by atoms with van der Waals surface area (Å²) < 4.78 is 0. The number of aromatic nitrogens is 1. The monoisotopic (exact) mass is 303 g/mol. The molecular weight excluding hydrogens is 286 g/mol. The molecule has 1 aromatic heterocycles. The predicted molar refractivity (Wildman–Crippen MR) is 86.5 cm³/mol. The number of hydrogen-bond acceptors (Lipinski definition) is 3. The number of amides is 1. The van der Waals surface area contributed by atoms with Crippen LogP contribution in [0.1, 0.15) is 30.4 Å². The Labute approximate surface area is 129 Å². The second kappa shape index (κ2) is 6.59. The average molecular weight is 304 g/mol. The van der Waals surface area contributed by atoms with Gasteiger partial charge in [0.2, 0.25) is 5.91 Å². The molecule has 2 aromatic rings. The molecule has 0 aliphatic carbocycles. The van der Waals surface area contributed by atoms with Crippen molar-refractivity contribution in [3.05, 3.63) is 52.8 Å². The van der Waals surface area contributed by atoms with Gasteiger partial charge in [0, 0.05) is 18.3 Å². The largest absolute Gasteiger partial charge is 0.399 e. The Bertz CT molecular complexity index is 620. The second-order valence-corrected chi connectivity index (χ2v) is 5.47. The lowest BCUT2D eigenvalue weighted by Gasteiger charge is -2.14. The number of halogens is 1. The normalized spacial score (nSPS) is 12.0. The first-order valence-corrected chi connectivity index (χ1v) is 7.11. The zero-order valence-electron chi connectivity index (χ0n) is 12.1. The quantitative estimate of drug-likeness (QED) is 0.667. The number of rotatable bonds is 4. The van der Waals surface area contributed by atoms with Gasteiger partial charge >= 0.3 is 0 Å². The van der Waals surface area contributed by atoms with Crippen LogP contribution in [0.25, 0.3) is 0 Å². The summed E-state index contributed by atoms with van der Waals surface area (Å²) in [5.41, 5.74) is 8.93. The van der Waals surface area contributed by atoms with Crippen molar-refractivity contribution < 1.29 is 4.79 Å². The number of carbonyl (C=O) groups excluding carboxylic acids is 1. The van der Waals surface area contributed by atoms with Gasteiger partial charge in [0.25, 0.3) is 0 Å². The SMILES string of the molecule is Cc1ccnc(Cl)c1NC(=O)CC(C)c1ccc(N)cc1. The number of nitrogens with zero attached hydrogens (tertiary/aromatic N) is 1. The van der Waals surface area contributed by atoms with Crippen molar-refractivity contribution in [3.8, 4) is 0 Å². The van der Waals surface area contributed by atoms with Crippen LogP contribution in [0.4, 0.5) is 11.4 Å². The third kappa shape index (κ3) is 3.95. The zero-order chi connectivity index (χ0) is 15.4. The summed E-state index contributed by atoms with van der Waals surface area (Å²) in [6.07, 6.45) is 1.99. The summed E-state index contributed by atoms with van der Waals surface area (Å²) in [7, 11) is 0. The first-order chi connectivity index (χ1) is 9.97. The number of nitrogen functional groups attached to an aromatic ring is 1. The van der Waals surface area contributed by atoms with E-state index in [9.17, 15) is 4.79 Å². The third-order valence-corrected chi connectivity index (χ3v) is 3.66. The molecule has 1 atom stereocenters. The number of aryl methyl sites for hydroxylation is 1. The molecule has 1 aromatic carbocycles. The van der Waals surface area contributed by atoms with Crippen molar-refractivity contribution in [2.24, 2.45) is 0 Å². The fourth-order valence-electron chi connectivity index (χ4n) is 2.09. The summed E-state index contributed by atoms with van der Waals surface area (Å²) in [5, 5.41) is 3.14. The van der Waals surface area contributed by atoms with E-state index >= 15 is 0 Å². The molecular formula is C16H18ClN3O. The maximum atomic E-state index is 12.1. The molecule has 21 heavy (non-hydrogen) atoms. The number of pyridine rings is 1. The minimum absolute atomic E-state index is 0.0858. The average Bonchev–Trinajstić information content (AvgIpc) is 2.43. The summed E-state index contributed by atoms with van der Waals surface area (Å²) >= 11 is 6.00. The van der Waals surface area contributed by atoms with E-state index in [0.29, 0.717) is 22.9 Å². The number of nitrogens with one attached hydrogen (secondary N) is 1. The highest BCUT2D eigenvalue weighted by Crippen LogP contribution is 2.25. The molecule has 0 radical (unpaired) electrons. The van der Waals surface area contributed by atoms with Crippen molar-refractivity contribution in [2.75, 3.05) is 11.1 Å². The van der Waals surface area contributed by atoms with Crippen molar-refractivity contribution in [1.82, 2.24) is 4.98 Å². The van der Waals surface area contributed by atoms with Gasteiger partial charge in [-0.05, 0) is 42.2 Å².